The number of nitrogens with one attached hydrogen (secondary N) is 1. The monoisotopic (exact) mass is 347 g/mol. The fourth-order valence-corrected chi connectivity index (χ4v) is 3.74. The van der Waals surface area contributed by atoms with Crippen LogP contribution in [0.4, 0.5) is 5.95 Å². The van der Waals surface area contributed by atoms with E-state index in [1.54, 1.807) is 0 Å². The molecule has 0 aromatic carbocycles. The topological polar surface area (TPSA) is 197 Å². The molecule has 3 heterocycles. The number of fused-ring (bicyclic) bond motifs is 1. The van der Waals surface area contributed by atoms with Crippen molar-refractivity contribution in [2.75, 3.05) is 12.3 Å². The molecule has 0 saturated carbocycles. The van der Waals surface area contributed by atoms with Gasteiger partial charge in [-0.3, -0.25) is 18.9 Å². The first-order chi connectivity index (χ1) is 10.7. The molecule has 1 saturated heterocycles. The third-order valence-corrected chi connectivity index (χ3v) is 4.97. The minimum absolute atomic E-state index is 0.0551. The third kappa shape index (κ3) is 2.55. The van der Waals surface area contributed by atoms with Crippen molar-refractivity contribution in [1.82, 2.24) is 19.5 Å². The summed E-state index contributed by atoms with van der Waals surface area (Å²) in [5, 5.41) is 19.2. The fourth-order valence-electron chi connectivity index (χ4n) is 2.60. The van der Waals surface area contributed by atoms with E-state index in [1.165, 1.54) is 0 Å². The molecular formula is C10H14N5O7P. The summed E-state index contributed by atoms with van der Waals surface area (Å²) >= 11 is 0. The predicted octanol–water partition coefficient (Wildman–Crippen LogP) is -2.50. The highest BCUT2D eigenvalue weighted by Gasteiger charge is 2.53. The Morgan fingerprint density at radius 2 is 2.17 bits per heavy atom. The van der Waals surface area contributed by atoms with Crippen molar-refractivity contribution >= 4 is 24.7 Å². The zero-order valence-corrected chi connectivity index (χ0v) is 12.4. The SMILES string of the molecule is Nc1nc2c(ncn2[C@@H]2O[C@H](CO)[C@@H](O)[C@H]2P(=O)(O)O)c(=O)[nH]1. The molecule has 1 aliphatic rings. The highest BCUT2D eigenvalue weighted by atomic mass is 31.2. The largest absolute Gasteiger partial charge is 0.394 e. The Morgan fingerprint density at radius 1 is 1.48 bits per heavy atom. The van der Waals surface area contributed by atoms with E-state index in [-0.39, 0.29) is 17.1 Å². The molecule has 1 aliphatic heterocycles. The Bertz CT molecular complexity index is 844. The van der Waals surface area contributed by atoms with Crippen LogP contribution in [-0.4, -0.2) is 64.0 Å². The van der Waals surface area contributed by atoms with E-state index >= 15 is 0 Å². The van der Waals surface area contributed by atoms with Crippen molar-refractivity contribution in [3.63, 3.8) is 0 Å². The number of nitrogens with zero attached hydrogens (tertiary/aromatic N) is 3. The number of hydrogen-bond acceptors (Lipinski definition) is 8. The molecule has 13 heteroatoms. The molecule has 126 valence electrons. The molecule has 12 nitrogen and oxygen atoms in total. The lowest BCUT2D eigenvalue weighted by Gasteiger charge is -2.22. The maximum atomic E-state index is 11.8. The number of nitrogen functional groups attached to an aromatic ring is 1. The molecule has 4 atom stereocenters. The van der Waals surface area contributed by atoms with Crippen LogP contribution in [0.2, 0.25) is 0 Å². The number of ether oxygens (including phenoxy) is 1. The van der Waals surface area contributed by atoms with Gasteiger partial charge in [-0.2, -0.15) is 4.98 Å². The van der Waals surface area contributed by atoms with Crippen LogP contribution in [-0.2, 0) is 9.30 Å². The standard InChI is InChI=1S/C10H14N5O7P/c11-10-13-7-4(8(18)14-10)12-2-15(7)9-6(23(19,20)21)5(17)3(1-16)22-9/h2-3,5-6,9,16-17H,1H2,(H2,19,20,21)(H3,11,13,14,18)/t3-,5-,6-,9-/m1/s1. The first-order valence-corrected chi connectivity index (χ1v) is 8.14. The van der Waals surface area contributed by atoms with Crippen LogP contribution in [0.5, 0.6) is 0 Å². The van der Waals surface area contributed by atoms with Crippen LogP contribution in [0.25, 0.3) is 11.2 Å². The number of imidazole rings is 1. The van der Waals surface area contributed by atoms with Crippen molar-refractivity contribution in [3.8, 4) is 0 Å². The summed E-state index contributed by atoms with van der Waals surface area (Å²) < 4.78 is 18.1. The van der Waals surface area contributed by atoms with E-state index in [9.17, 15) is 29.4 Å². The fraction of sp³-hybridized carbons (Fsp3) is 0.500. The number of rotatable bonds is 3. The second kappa shape index (κ2) is 5.37. The van der Waals surface area contributed by atoms with Gasteiger partial charge in [-0.05, 0) is 0 Å². The third-order valence-electron chi connectivity index (χ3n) is 3.63. The molecule has 0 unspecified atom stereocenters. The lowest BCUT2D eigenvalue weighted by atomic mass is 10.2. The number of aliphatic hydroxyl groups is 2. The summed E-state index contributed by atoms with van der Waals surface area (Å²) in [5.74, 6) is -0.214. The van der Waals surface area contributed by atoms with Crippen molar-refractivity contribution < 1.29 is 29.3 Å². The van der Waals surface area contributed by atoms with Gasteiger partial charge in [0.05, 0.1) is 12.9 Å². The van der Waals surface area contributed by atoms with Crippen LogP contribution in [0, 0.1) is 0 Å². The zero-order chi connectivity index (χ0) is 16.9. The second-order valence-electron chi connectivity index (χ2n) is 5.09. The van der Waals surface area contributed by atoms with Gasteiger partial charge in [0.1, 0.15) is 17.9 Å². The number of nitrogens with two attached hydrogens (primary N) is 1. The Labute approximate surface area is 127 Å². The molecule has 2 aromatic rings. The minimum atomic E-state index is -4.80. The van der Waals surface area contributed by atoms with E-state index in [2.05, 4.69) is 15.0 Å². The smallest absolute Gasteiger partial charge is 0.335 e. The predicted molar refractivity (Wildman–Crippen MR) is 75.4 cm³/mol. The number of aliphatic hydroxyl groups excluding tert-OH is 2. The van der Waals surface area contributed by atoms with Gasteiger partial charge in [0.2, 0.25) is 5.95 Å². The Balaban J connectivity index is 2.17. The van der Waals surface area contributed by atoms with Gasteiger partial charge < -0.3 is 30.5 Å². The average molecular weight is 347 g/mol. The Morgan fingerprint density at radius 3 is 2.78 bits per heavy atom. The zero-order valence-electron chi connectivity index (χ0n) is 11.5. The van der Waals surface area contributed by atoms with Crippen LogP contribution in [0.1, 0.15) is 6.23 Å². The highest BCUT2D eigenvalue weighted by molar-refractivity contribution is 7.52. The summed E-state index contributed by atoms with van der Waals surface area (Å²) in [5.41, 5.74) is 3.02. The first kappa shape index (κ1) is 16.1. The van der Waals surface area contributed by atoms with Gasteiger partial charge in [-0.15, -0.1) is 0 Å². The second-order valence-corrected chi connectivity index (χ2v) is 6.87. The van der Waals surface area contributed by atoms with Crippen molar-refractivity contribution in [2.45, 2.75) is 24.1 Å². The number of hydrogen-bond donors (Lipinski definition) is 6. The van der Waals surface area contributed by atoms with Gasteiger partial charge in [-0.25, -0.2) is 4.98 Å². The molecule has 0 spiro atoms. The van der Waals surface area contributed by atoms with Crippen LogP contribution < -0.4 is 11.3 Å². The average Bonchev–Trinajstić information content (AvgIpc) is 2.98. The quantitative estimate of drug-likeness (QED) is 0.323. The molecular weight excluding hydrogens is 333 g/mol. The van der Waals surface area contributed by atoms with E-state index in [0.29, 0.717) is 0 Å². The summed E-state index contributed by atoms with van der Waals surface area (Å²) in [6, 6.07) is 0. The molecule has 0 amide bonds. The van der Waals surface area contributed by atoms with Crippen LogP contribution >= 0.6 is 7.60 Å². The molecule has 0 bridgehead atoms. The minimum Gasteiger partial charge on any atom is -0.394 e. The van der Waals surface area contributed by atoms with E-state index < -0.39 is 43.9 Å². The van der Waals surface area contributed by atoms with Crippen molar-refractivity contribution in [3.05, 3.63) is 16.7 Å². The van der Waals surface area contributed by atoms with Crippen LogP contribution in [0.15, 0.2) is 11.1 Å². The van der Waals surface area contributed by atoms with Gasteiger partial charge in [-0.1, -0.05) is 0 Å². The summed E-state index contributed by atoms with van der Waals surface area (Å²) in [6.07, 6.45) is -3.08. The van der Waals surface area contributed by atoms with Gasteiger partial charge in [0.15, 0.2) is 17.4 Å². The molecule has 7 N–H and O–H groups in total. The molecule has 3 rings (SSSR count). The summed E-state index contributed by atoms with van der Waals surface area (Å²) in [4.78, 5) is 40.7. The maximum Gasteiger partial charge on any atom is 0.335 e. The molecule has 0 radical (unpaired) electrons. The van der Waals surface area contributed by atoms with Gasteiger partial charge in [0.25, 0.3) is 5.56 Å². The highest BCUT2D eigenvalue weighted by Crippen LogP contribution is 2.53. The molecule has 1 fully saturated rings. The van der Waals surface area contributed by atoms with Crippen molar-refractivity contribution in [1.29, 1.82) is 0 Å². The van der Waals surface area contributed by atoms with Gasteiger partial charge >= 0.3 is 7.60 Å². The molecule has 0 aliphatic carbocycles. The molecule has 23 heavy (non-hydrogen) atoms. The van der Waals surface area contributed by atoms with E-state index in [1.807, 2.05) is 0 Å². The van der Waals surface area contributed by atoms with E-state index in [4.69, 9.17) is 10.5 Å². The number of H-pyrrole nitrogens is 1. The van der Waals surface area contributed by atoms with Crippen molar-refractivity contribution in [2.24, 2.45) is 0 Å². The Hall–Kier alpha value is -1.82. The normalized spacial score (nSPS) is 28.5. The lowest BCUT2D eigenvalue weighted by molar-refractivity contribution is -0.0432. The maximum absolute atomic E-state index is 11.8. The van der Waals surface area contributed by atoms with Gasteiger partial charge in [0, 0.05) is 0 Å². The molecule has 2 aromatic heterocycles. The first-order valence-electron chi connectivity index (χ1n) is 6.46. The Kier molecular flexibility index (Phi) is 3.75. The number of aromatic nitrogens is 4. The van der Waals surface area contributed by atoms with Crippen LogP contribution in [0.3, 0.4) is 0 Å². The van der Waals surface area contributed by atoms with E-state index in [0.717, 1.165) is 10.9 Å². The number of aromatic amines is 1. The summed E-state index contributed by atoms with van der Waals surface area (Å²) in [6.45, 7) is -0.642. The number of anilines is 1. The lowest BCUT2D eigenvalue weighted by Crippen LogP contribution is -2.33. The summed E-state index contributed by atoms with van der Waals surface area (Å²) in [7, 11) is -4.80.